The lowest BCUT2D eigenvalue weighted by molar-refractivity contribution is 0.106. The standard InChI is InChI=1S/C17H22Br3NO3/c1-11(2)14-9-13(22-6-5-16(19)20)10-15(18)17(14)23-7-8-24-21-12(3)4/h5,9-11H,6-8H2,1-4H3. The molecule has 1 rings (SSSR count). The Hall–Kier alpha value is -0.530. The van der Waals surface area contributed by atoms with Gasteiger partial charge in [0.2, 0.25) is 0 Å². The maximum absolute atomic E-state index is 5.89. The minimum absolute atomic E-state index is 0.301. The van der Waals surface area contributed by atoms with Gasteiger partial charge >= 0.3 is 0 Å². The van der Waals surface area contributed by atoms with Crippen LogP contribution in [0.5, 0.6) is 11.5 Å². The van der Waals surface area contributed by atoms with Crippen LogP contribution in [0.2, 0.25) is 0 Å². The molecule has 24 heavy (non-hydrogen) atoms. The average Bonchev–Trinajstić information content (AvgIpc) is 2.47. The number of hydrogen-bond acceptors (Lipinski definition) is 4. The van der Waals surface area contributed by atoms with Gasteiger partial charge in [0.05, 0.1) is 13.6 Å². The molecular weight excluding hydrogens is 506 g/mol. The van der Waals surface area contributed by atoms with Crippen LogP contribution in [0.1, 0.15) is 39.2 Å². The van der Waals surface area contributed by atoms with Gasteiger partial charge in [0.25, 0.3) is 0 Å². The quantitative estimate of drug-likeness (QED) is 0.213. The molecule has 0 heterocycles. The van der Waals surface area contributed by atoms with Gasteiger partial charge in [-0.15, -0.1) is 0 Å². The first-order valence-corrected chi connectivity index (χ1v) is 9.92. The Morgan fingerprint density at radius 2 is 1.88 bits per heavy atom. The van der Waals surface area contributed by atoms with Crippen molar-refractivity contribution in [2.75, 3.05) is 19.8 Å². The highest BCUT2D eigenvalue weighted by Crippen LogP contribution is 2.37. The summed E-state index contributed by atoms with van der Waals surface area (Å²) in [4.78, 5) is 5.16. The first-order chi connectivity index (χ1) is 11.3. The number of rotatable bonds is 9. The van der Waals surface area contributed by atoms with Crippen molar-refractivity contribution in [3.05, 3.63) is 31.6 Å². The molecule has 134 valence electrons. The molecule has 0 unspecified atom stereocenters. The molecule has 0 saturated heterocycles. The third-order valence-corrected chi connectivity index (χ3v) is 4.06. The van der Waals surface area contributed by atoms with E-state index in [9.17, 15) is 0 Å². The van der Waals surface area contributed by atoms with Gasteiger partial charge in [0.1, 0.15) is 24.7 Å². The zero-order valence-electron chi connectivity index (χ0n) is 14.2. The molecule has 0 amide bonds. The second-order valence-corrected chi connectivity index (χ2v) is 9.13. The van der Waals surface area contributed by atoms with E-state index >= 15 is 0 Å². The first kappa shape index (κ1) is 21.5. The Bertz CT molecular complexity index is 593. The Kier molecular flexibility index (Phi) is 10.0. The van der Waals surface area contributed by atoms with E-state index in [1.165, 1.54) is 0 Å². The maximum atomic E-state index is 5.89. The van der Waals surface area contributed by atoms with Gasteiger partial charge in [0.15, 0.2) is 6.61 Å². The van der Waals surface area contributed by atoms with E-state index in [4.69, 9.17) is 14.3 Å². The molecule has 4 nitrogen and oxygen atoms in total. The maximum Gasteiger partial charge on any atom is 0.151 e. The molecule has 0 fully saturated rings. The van der Waals surface area contributed by atoms with Crippen LogP contribution in [-0.2, 0) is 4.84 Å². The highest BCUT2D eigenvalue weighted by molar-refractivity contribution is 9.28. The smallest absolute Gasteiger partial charge is 0.151 e. The van der Waals surface area contributed by atoms with Crippen LogP contribution in [0.4, 0.5) is 0 Å². The molecule has 1 aromatic rings. The van der Waals surface area contributed by atoms with Gasteiger partial charge in [-0.3, -0.25) is 0 Å². The lowest BCUT2D eigenvalue weighted by atomic mass is 10.0. The molecule has 0 bridgehead atoms. The van der Waals surface area contributed by atoms with Crippen molar-refractivity contribution < 1.29 is 14.3 Å². The summed E-state index contributed by atoms with van der Waals surface area (Å²) in [7, 11) is 0. The second kappa shape index (κ2) is 11.2. The van der Waals surface area contributed by atoms with Crippen LogP contribution in [0.15, 0.2) is 31.2 Å². The summed E-state index contributed by atoms with van der Waals surface area (Å²) in [5, 5.41) is 3.89. The molecule has 7 heteroatoms. The van der Waals surface area contributed by atoms with E-state index in [1.807, 2.05) is 32.1 Å². The third kappa shape index (κ3) is 8.03. The number of benzene rings is 1. The lowest BCUT2D eigenvalue weighted by Crippen LogP contribution is -2.08. The van der Waals surface area contributed by atoms with Gasteiger partial charge in [-0.05, 0) is 85.8 Å². The Balaban J connectivity index is 2.80. The molecule has 0 radical (unpaired) electrons. The highest BCUT2D eigenvalue weighted by Gasteiger charge is 2.14. The van der Waals surface area contributed by atoms with E-state index in [0.29, 0.717) is 25.7 Å². The largest absolute Gasteiger partial charge is 0.489 e. The topological polar surface area (TPSA) is 40.0 Å². The van der Waals surface area contributed by atoms with Gasteiger partial charge in [-0.1, -0.05) is 19.0 Å². The van der Waals surface area contributed by atoms with Crippen molar-refractivity contribution >= 4 is 53.5 Å². The summed E-state index contributed by atoms with van der Waals surface area (Å²) in [6, 6.07) is 3.92. The molecule has 0 aromatic heterocycles. The van der Waals surface area contributed by atoms with Crippen LogP contribution in [0.3, 0.4) is 0 Å². The molecule has 1 aromatic carbocycles. The number of hydrogen-bond donors (Lipinski definition) is 0. The second-order valence-electron chi connectivity index (χ2n) is 5.50. The first-order valence-electron chi connectivity index (χ1n) is 7.54. The Labute approximate surface area is 169 Å². The van der Waals surface area contributed by atoms with E-state index in [2.05, 4.69) is 66.8 Å². The fraction of sp³-hybridized carbons (Fsp3) is 0.471. The summed E-state index contributed by atoms with van der Waals surface area (Å²) in [5.74, 6) is 1.91. The molecule has 0 spiro atoms. The number of oxime groups is 1. The van der Waals surface area contributed by atoms with E-state index < -0.39 is 0 Å². The van der Waals surface area contributed by atoms with Crippen molar-refractivity contribution in [3.8, 4) is 11.5 Å². The third-order valence-electron chi connectivity index (χ3n) is 2.82. The fourth-order valence-corrected chi connectivity index (χ4v) is 2.64. The SMILES string of the molecule is CC(C)=NOCCOc1c(Br)cc(OCC=C(Br)Br)cc1C(C)C. The van der Waals surface area contributed by atoms with E-state index in [1.54, 1.807) is 0 Å². The van der Waals surface area contributed by atoms with Crippen molar-refractivity contribution in [1.82, 2.24) is 0 Å². The monoisotopic (exact) mass is 525 g/mol. The molecule has 0 aliphatic carbocycles. The molecule has 0 atom stereocenters. The zero-order chi connectivity index (χ0) is 18.1. The van der Waals surface area contributed by atoms with Crippen LogP contribution >= 0.6 is 47.8 Å². The summed E-state index contributed by atoms with van der Waals surface area (Å²) in [6.45, 7) is 9.31. The van der Waals surface area contributed by atoms with E-state index in [0.717, 1.165) is 30.6 Å². The molecule has 0 aliphatic rings. The summed E-state index contributed by atoms with van der Waals surface area (Å²) in [5.41, 5.74) is 1.96. The number of nitrogens with zero attached hydrogens (tertiary/aromatic N) is 1. The summed E-state index contributed by atoms with van der Waals surface area (Å²) in [6.07, 6.45) is 1.89. The van der Waals surface area contributed by atoms with Gasteiger partial charge in [-0.2, -0.15) is 0 Å². The van der Waals surface area contributed by atoms with Crippen LogP contribution < -0.4 is 9.47 Å². The lowest BCUT2D eigenvalue weighted by Gasteiger charge is -2.17. The van der Waals surface area contributed by atoms with E-state index in [-0.39, 0.29) is 0 Å². The average molecular weight is 528 g/mol. The van der Waals surface area contributed by atoms with Gasteiger partial charge in [-0.25, -0.2) is 0 Å². The van der Waals surface area contributed by atoms with Crippen molar-refractivity contribution in [1.29, 1.82) is 0 Å². The predicted octanol–water partition coefficient (Wildman–Crippen LogP) is 6.37. The number of ether oxygens (including phenoxy) is 2. The molecule has 0 aliphatic heterocycles. The van der Waals surface area contributed by atoms with Gasteiger partial charge in [0, 0.05) is 5.56 Å². The normalized spacial score (nSPS) is 10.3. The molecule has 0 N–H and O–H groups in total. The number of halogens is 3. The summed E-state index contributed by atoms with van der Waals surface area (Å²) < 4.78 is 13.4. The summed E-state index contributed by atoms with van der Waals surface area (Å²) >= 11 is 10.2. The van der Waals surface area contributed by atoms with Crippen LogP contribution in [0.25, 0.3) is 0 Å². The Morgan fingerprint density at radius 3 is 2.46 bits per heavy atom. The molecule has 0 saturated carbocycles. The zero-order valence-corrected chi connectivity index (χ0v) is 19.0. The Morgan fingerprint density at radius 1 is 1.17 bits per heavy atom. The van der Waals surface area contributed by atoms with Crippen molar-refractivity contribution in [2.45, 2.75) is 33.6 Å². The molecular formula is C17H22Br3NO3. The van der Waals surface area contributed by atoms with Gasteiger partial charge < -0.3 is 14.3 Å². The minimum Gasteiger partial charge on any atom is -0.489 e. The predicted molar refractivity (Wildman–Crippen MR) is 110 cm³/mol. The fourth-order valence-electron chi connectivity index (χ4n) is 1.81. The minimum atomic E-state index is 0.301. The van der Waals surface area contributed by atoms with Crippen LogP contribution in [-0.4, -0.2) is 25.5 Å². The van der Waals surface area contributed by atoms with Crippen LogP contribution in [0, 0.1) is 0 Å². The van der Waals surface area contributed by atoms with Crippen molar-refractivity contribution in [3.63, 3.8) is 0 Å². The van der Waals surface area contributed by atoms with Crippen molar-refractivity contribution in [2.24, 2.45) is 5.16 Å². The highest BCUT2D eigenvalue weighted by atomic mass is 79.9.